The first-order valence-corrected chi connectivity index (χ1v) is 5.25. The van der Waals surface area contributed by atoms with Gasteiger partial charge in [0.05, 0.1) is 0 Å². The number of benzene rings is 1. The SMILES string of the molecule is Cc1cccc(Oc2cc(Br)ncn2)c1. The van der Waals surface area contributed by atoms with Gasteiger partial charge in [0.1, 0.15) is 16.7 Å². The first-order valence-electron chi connectivity index (χ1n) is 4.46. The zero-order chi connectivity index (χ0) is 10.7. The maximum atomic E-state index is 5.56. The van der Waals surface area contributed by atoms with Crippen molar-refractivity contribution in [2.24, 2.45) is 0 Å². The molecule has 0 spiro atoms. The zero-order valence-corrected chi connectivity index (χ0v) is 9.73. The number of aromatic nitrogens is 2. The molecule has 0 atom stereocenters. The van der Waals surface area contributed by atoms with Gasteiger partial charge in [-0.2, -0.15) is 0 Å². The highest BCUT2D eigenvalue weighted by atomic mass is 79.9. The van der Waals surface area contributed by atoms with Gasteiger partial charge in [0.2, 0.25) is 5.88 Å². The molecule has 2 aromatic rings. The fourth-order valence-corrected chi connectivity index (χ4v) is 1.46. The predicted molar refractivity (Wildman–Crippen MR) is 61.0 cm³/mol. The van der Waals surface area contributed by atoms with Crippen LogP contribution in [-0.2, 0) is 0 Å². The lowest BCUT2D eigenvalue weighted by Crippen LogP contribution is -1.89. The molecule has 0 amide bonds. The highest BCUT2D eigenvalue weighted by Gasteiger charge is 1.99. The van der Waals surface area contributed by atoms with E-state index in [-0.39, 0.29) is 0 Å². The van der Waals surface area contributed by atoms with Crippen molar-refractivity contribution in [3.63, 3.8) is 0 Å². The first kappa shape index (κ1) is 10.1. The van der Waals surface area contributed by atoms with E-state index in [0.29, 0.717) is 10.5 Å². The van der Waals surface area contributed by atoms with Crippen LogP contribution >= 0.6 is 15.9 Å². The van der Waals surface area contributed by atoms with Crippen LogP contribution in [0.1, 0.15) is 5.56 Å². The van der Waals surface area contributed by atoms with Gasteiger partial charge in [0.15, 0.2) is 0 Å². The largest absolute Gasteiger partial charge is 0.439 e. The Kier molecular flexibility index (Phi) is 2.97. The number of aryl methyl sites for hydroxylation is 1. The molecule has 0 aliphatic rings. The van der Waals surface area contributed by atoms with E-state index in [1.165, 1.54) is 6.33 Å². The summed E-state index contributed by atoms with van der Waals surface area (Å²) >= 11 is 3.26. The average molecular weight is 265 g/mol. The second kappa shape index (κ2) is 4.40. The minimum atomic E-state index is 0.530. The Balaban J connectivity index is 2.22. The third-order valence-electron chi connectivity index (χ3n) is 1.82. The van der Waals surface area contributed by atoms with Gasteiger partial charge < -0.3 is 4.74 Å². The van der Waals surface area contributed by atoms with Crippen molar-refractivity contribution in [3.8, 4) is 11.6 Å². The molecule has 2 rings (SSSR count). The molecule has 0 saturated heterocycles. The molecule has 1 aromatic heterocycles. The highest BCUT2D eigenvalue weighted by Crippen LogP contribution is 2.21. The predicted octanol–water partition coefficient (Wildman–Crippen LogP) is 3.34. The molecule has 0 aliphatic carbocycles. The lowest BCUT2D eigenvalue weighted by Gasteiger charge is -2.04. The third kappa shape index (κ3) is 2.76. The molecule has 0 radical (unpaired) electrons. The summed E-state index contributed by atoms with van der Waals surface area (Å²) in [5, 5.41) is 0. The first-order chi connectivity index (χ1) is 7.24. The van der Waals surface area contributed by atoms with Crippen molar-refractivity contribution >= 4 is 15.9 Å². The van der Waals surface area contributed by atoms with Gasteiger partial charge in [0, 0.05) is 6.07 Å². The zero-order valence-electron chi connectivity index (χ0n) is 8.14. The average Bonchev–Trinajstić information content (AvgIpc) is 2.17. The third-order valence-corrected chi connectivity index (χ3v) is 2.25. The van der Waals surface area contributed by atoms with E-state index in [1.807, 2.05) is 31.2 Å². The molecule has 0 saturated carbocycles. The van der Waals surface area contributed by atoms with E-state index in [9.17, 15) is 0 Å². The fourth-order valence-electron chi connectivity index (χ4n) is 1.17. The molecule has 1 heterocycles. The van der Waals surface area contributed by atoms with Crippen LogP contribution in [0.25, 0.3) is 0 Å². The molecule has 0 N–H and O–H groups in total. The molecule has 3 nitrogen and oxygen atoms in total. The standard InChI is InChI=1S/C11H9BrN2O/c1-8-3-2-4-9(5-8)15-11-6-10(12)13-7-14-11/h2-7H,1H3. The highest BCUT2D eigenvalue weighted by molar-refractivity contribution is 9.10. The van der Waals surface area contributed by atoms with E-state index in [0.717, 1.165) is 11.3 Å². The van der Waals surface area contributed by atoms with Gasteiger partial charge >= 0.3 is 0 Å². The number of halogens is 1. The summed E-state index contributed by atoms with van der Waals surface area (Å²) < 4.78 is 6.27. The van der Waals surface area contributed by atoms with Crippen molar-refractivity contribution in [3.05, 3.63) is 46.8 Å². The number of ether oxygens (including phenoxy) is 1. The minimum absolute atomic E-state index is 0.530. The van der Waals surface area contributed by atoms with Crippen LogP contribution in [0.4, 0.5) is 0 Å². The second-order valence-corrected chi connectivity index (χ2v) is 3.91. The van der Waals surface area contributed by atoms with E-state index in [4.69, 9.17) is 4.74 Å². The Morgan fingerprint density at radius 2 is 2.07 bits per heavy atom. The van der Waals surface area contributed by atoms with Gasteiger partial charge in [-0.05, 0) is 40.5 Å². The Hall–Kier alpha value is -1.42. The van der Waals surface area contributed by atoms with Crippen LogP contribution in [0.2, 0.25) is 0 Å². The van der Waals surface area contributed by atoms with E-state index >= 15 is 0 Å². The maximum absolute atomic E-state index is 5.56. The summed E-state index contributed by atoms with van der Waals surface area (Å²) in [5.74, 6) is 1.31. The van der Waals surface area contributed by atoms with Crippen LogP contribution in [0.3, 0.4) is 0 Å². The van der Waals surface area contributed by atoms with Gasteiger partial charge in [-0.1, -0.05) is 12.1 Å². The van der Waals surface area contributed by atoms with Gasteiger partial charge in [-0.15, -0.1) is 0 Å². The van der Waals surface area contributed by atoms with Gasteiger partial charge in [-0.3, -0.25) is 0 Å². The summed E-state index contributed by atoms with van der Waals surface area (Å²) in [6.45, 7) is 2.02. The number of nitrogens with zero attached hydrogens (tertiary/aromatic N) is 2. The molecule has 0 aliphatic heterocycles. The number of hydrogen-bond donors (Lipinski definition) is 0. The fraction of sp³-hybridized carbons (Fsp3) is 0.0909. The van der Waals surface area contributed by atoms with E-state index < -0.39 is 0 Å². The van der Waals surface area contributed by atoms with Gasteiger partial charge in [-0.25, -0.2) is 9.97 Å². The smallest absolute Gasteiger partial charge is 0.223 e. The van der Waals surface area contributed by atoms with E-state index in [2.05, 4.69) is 25.9 Å². The summed E-state index contributed by atoms with van der Waals surface area (Å²) in [7, 11) is 0. The molecule has 1 aromatic carbocycles. The number of hydrogen-bond acceptors (Lipinski definition) is 3. The van der Waals surface area contributed by atoms with Crippen LogP contribution in [0.5, 0.6) is 11.6 Å². The molecule has 0 fully saturated rings. The van der Waals surface area contributed by atoms with Crippen molar-refractivity contribution in [2.75, 3.05) is 0 Å². The molecule has 4 heteroatoms. The lowest BCUT2D eigenvalue weighted by atomic mass is 10.2. The molecule has 0 bridgehead atoms. The lowest BCUT2D eigenvalue weighted by molar-refractivity contribution is 0.460. The molecule has 0 unspecified atom stereocenters. The second-order valence-electron chi connectivity index (χ2n) is 3.10. The van der Waals surface area contributed by atoms with Crippen molar-refractivity contribution in [2.45, 2.75) is 6.92 Å². The topological polar surface area (TPSA) is 35.0 Å². The van der Waals surface area contributed by atoms with Crippen LogP contribution in [0, 0.1) is 6.92 Å². The Morgan fingerprint density at radius 3 is 2.80 bits per heavy atom. The Morgan fingerprint density at radius 1 is 1.20 bits per heavy atom. The summed E-state index contributed by atoms with van der Waals surface area (Å²) in [5.41, 5.74) is 1.15. The normalized spacial score (nSPS) is 10.0. The quantitative estimate of drug-likeness (QED) is 0.781. The summed E-state index contributed by atoms with van der Waals surface area (Å²) in [6, 6.07) is 9.53. The summed E-state index contributed by atoms with van der Waals surface area (Å²) in [4.78, 5) is 7.93. The monoisotopic (exact) mass is 264 g/mol. The van der Waals surface area contributed by atoms with E-state index in [1.54, 1.807) is 6.07 Å². The summed E-state index contributed by atoms with van der Waals surface area (Å²) in [6.07, 6.45) is 1.45. The molecule has 15 heavy (non-hydrogen) atoms. The number of rotatable bonds is 2. The van der Waals surface area contributed by atoms with Crippen molar-refractivity contribution in [1.29, 1.82) is 0 Å². The Labute approximate surface area is 96.3 Å². The molecular formula is C11H9BrN2O. The van der Waals surface area contributed by atoms with Crippen LogP contribution in [0.15, 0.2) is 41.3 Å². The van der Waals surface area contributed by atoms with Crippen LogP contribution < -0.4 is 4.74 Å². The van der Waals surface area contributed by atoms with Gasteiger partial charge in [0.25, 0.3) is 0 Å². The van der Waals surface area contributed by atoms with Crippen molar-refractivity contribution in [1.82, 2.24) is 9.97 Å². The van der Waals surface area contributed by atoms with Crippen molar-refractivity contribution < 1.29 is 4.74 Å². The minimum Gasteiger partial charge on any atom is -0.439 e. The maximum Gasteiger partial charge on any atom is 0.223 e. The Bertz CT molecular complexity index is 430. The molecule has 76 valence electrons. The van der Waals surface area contributed by atoms with Crippen LogP contribution in [-0.4, -0.2) is 9.97 Å². The molecular weight excluding hydrogens is 256 g/mol.